The number of nitrogens with zero attached hydrogens (tertiary/aromatic N) is 3. The minimum Gasteiger partial charge on any atom is -0.394 e. The van der Waals surface area contributed by atoms with Gasteiger partial charge in [-0.3, -0.25) is 4.79 Å². The van der Waals surface area contributed by atoms with Crippen LogP contribution in [0.2, 0.25) is 0 Å². The average Bonchev–Trinajstić information content (AvgIpc) is 2.77. The van der Waals surface area contributed by atoms with Crippen LogP contribution in [0.15, 0.2) is 12.4 Å². The van der Waals surface area contributed by atoms with Crippen molar-refractivity contribution in [2.24, 2.45) is 5.73 Å². The second kappa shape index (κ2) is 4.44. The number of aromatic nitrogens is 2. The Balaban J connectivity index is 2.18. The van der Waals surface area contributed by atoms with Crippen LogP contribution in [0, 0.1) is 0 Å². The van der Waals surface area contributed by atoms with E-state index in [9.17, 15) is 4.79 Å². The summed E-state index contributed by atoms with van der Waals surface area (Å²) in [5, 5.41) is 9.17. The van der Waals surface area contributed by atoms with Crippen LogP contribution in [-0.2, 0) is 0 Å². The first-order valence-corrected chi connectivity index (χ1v) is 5.21. The number of rotatable bonds is 3. The second-order valence-corrected chi connectivity index (χ2v) is 3.81. The largest absolute Gasteiger partial charge is 0.394 e. The third kappa shape index (κ3) is 1.96. The fourth-order valence-electron chi connectivity index (χ4n) is 1.89. The van der Waals surface area contributed by atoms with Gasteiger partial charge in [0.15, 0.2) is 0 Å². The van der Waals surface area contributed by atoms with Crippen molar-refractivity contribution in [3.8, 4) is 0 Å². The average molecular weight is 222 g/mol. The molecule has 1 fully saturated rings. The molecule has 6 heteroatoms. The van der Waals surface area contributed by atoms with E-state index in [2.05, 4.69) is 9.97 Å². The first kappa shape index (κ1) is 10.8. The van der Waals surface area contributed by atoms with Crippen LogP contribution in [0.25, 0.3) is 0 Å². The highest BCUT2D eigenvalue weighted by Crippen LogP contribution is 2.21. The third-order valence-electron chi connectivity index (χ3n) is 2.77. The van der Waals surface area contributed by atoms with E-state index in [0.29, 0.717) is 11.5 Å². The van der Waals surface area contributed by atoms with Gasteiger partial charge in [0, 0.05) is 18.9 Å². The van der Waals surface area contributed by atoms with Gasteiger partial charge in [0.2, 0.25) is 5.95 Å². The van der Waals surface area contributed by atoms with Gasteiger partial charge in [-0.25, -0.2) is 9.97 Å². The normalized spacial score (nSPS) is 20.1. The van der Waals surface area contributed by atoms with E-state index < -0.39 is 5.91 Å². The van der Waals surface area contributed by atoms with Crippen LogP contribution < -0.4 is 10.6 Å². The standard InChI is InChI=1S/C10H14N4O2/c11-9(16)7-4-12-10(13-5-7)14-3-1-2-8(14)6-15/h4-5,8,15H,1-3,6H2,(H2,11,16). The van der Waals surface area contributed by atoms with Crippen LogP contribution >= 0.6 is 0 Å². The number of hydrogen-bond donors (Lipinski definition) is 2. The molecule has 0 bridgehead atoms. The summed E-state index contributed by atoms with van der Waals surface area (Å²) in [6.45, 7) is 0.933. The van der Waals surface area contributed by atoms with Crippen molar-refractivity contribution >= 4 is 11.9 Å². The molecule has 0 radical (unpaired) electrons. The predicted molar refractivity (Wildman–Crippen MR) is 58.0 cm³/mol. The van der Waals surface area contributed by atoms with Crippen molar-refractivity contribution in [3.05, 3.63) is 18.0 Å². The number of carbonyl (C=O) groups is 1. The monoisotopic (exact) mass is 222 g/mol. The third-order valence-corrected chi connectivity index (χ3v) is 2.77. The minimum absolute atomic E-state index is 0.0828. The van der Waals surface area contributed by atoms with Gasteiger partial charge in [0.1, 0.15) is 0 Å². The number of aliphatic hydroxyl groups excluding tert-OH is 1. The highest BCUT2D eigenvalue weighted by molar-refractivity contribution is 5.92. The molecule has 0 aliphatic carbocycles. The fourth-order valence-corrected chi connectivity index (χ4v) is 1.89. The Bertz CT molecular complexity index is 379. The molecule has 1 atom stereocenters. The first-order chi connectivity index (χ1) is 7.72. The zero-order chi connectivity index (χ0) is 11.5. The van der Waals surface area contributed by atoms with E-state index in [4.69, 9.17) is 10.8 Å². The molecular weight excluding hydrogens is 208 g/mol. The molecule has 6 nitrogen and oxygen atoms in total. The lowest BCUT2D eigenvalue weighted by Gasteiger charge is -2.22. The Labute approximate surface area is 93.1 Å². The molecule has 1 aliphatic heterocycles. The van der Waals surface area contributed by atoms with E-state index in [1.54, 1.807) is 0 Å². The lowest BCUT2D eigenvalue weighted by Crippen LogP contribution is -2.33. The quantitative estimate of drug-likeness (QED) is 0.721. The topological polar surface area (TPSA) is 92.3 Å². The molecule has 0 aromatic carbocycles. The van der Waals surface area contributed by atoms with Crippen LogP contribution in [0.1, 0.15) is 23.2 Å². The van der Waals surface area contributed by atoms with Gasteiger partial charge in [-0.2, -0.15) is 0 Å². The number of aliphatic hydroxyl groups is 1. The van der Waals surface area contributed by atoms with Crippen LogP contribution in [0.5, 0.6) is 0 Å². The lowest BCUT2D eigenvalue weighted by atomic mass is 10.2. The van der Waals surface area contributed by atoms with Crippen LogP contribution in [0.4, 0.5) is 5.95 Å². The van der Waals surface area contributed by atoms with Gasteiger partial charge in [-0.05, 0) is 12.8 Å². The summed E-state index contributed by atoms with van der Waals surface area (Å²) in [6.07, 6.45) is 4.79. The van der Waals surface area contributed by atoms with Crippen molar-refractivity contribution in [2.75, 3.05) is 18.1 Å². The molecule has 1 amide bonds. The Kier molecular flexibility index (Phi) is 3.00. The van der Waals surface area contributed by atoms with Crippen molar-refractivity contribution in [2.45, 2.75) is 18.9 Å². The fraction of sp³-hybridized carbons (Fsp3) is 0.500. The second-order valence-electron chi connectivity index (χ2n) is 3.81. The number of primary amides is 1. The number of nitrogens with two attached hydrogens (primary N) is 1. The van der Waals surface area contributed by atoms with Crippen molar-refractivity contribution < 1.29 is 9.90 Å². The molecule has 2 heterocycles. The maximum atomic E-state index is 10.8. The number of carbonyl (C=O) groups excluding carboxylic acids is 1. The molecule has 1 aromatic heterocycles. The Morgan fingerprint density at radius 2 is 2.25 bits per heavy atom. The van der Waals surface area contributed by atoms with Gasteiger partial charge >= 0.3 is 0 Å². The molecule has 0 saturated carbocycles. The molecule has 16 heavy (non-hydrogen) atoms. The highest BCUT2D eigenvalue weighted by Gasteiger charge is 2.25. The van der Waals surface area contributed by atoms with Gasteiger partial charge in [0.25, 0.3) is 5.91 Å². The molecule has 2 rings (SSSR count). The van der Waals surface area contributed by atoms with Gasteiger partial charge in [-0.1, -0.05) is 0 Å². The zero-order valence-electron chi connectivity index (χ0n) is 8.83. The Hall–Kier alpha value is -1.69. The lowest BCUT2D eigenvalue weighted by molar-refractivity contribution is 0.0999. The van der Waals surface area contributed by atoms with E-state index in [1.807, 2.05) is 4.90 Å². The molecular formula is C10H14N4O2. The van der Waals surface area contributed by atoms with E-state index in [0.717, 1.165) is 19.4 Å². The summed E-state index contributed by atoms with van der Waals surface area (Å²) >= 11 is 0. The van der Waals surface area contributed by atoms with Gasteiger partial charge in [0.05, 0.1) is 18.2 Å². The molecule has 86 valence electrons. The number of hydrogen-bond acceptors (Lipinski definition) is 5. The maximum absolute atomic E-state index is 10.8. The summed E-state index contributed by atoms with van der Waals surface area (Å²) in [4.78, 5) is 21.0. The summed E-state index contributed by atoms with van der Waals surface area (Å²) in [6, 6.07) is 0.0828. The zero-order valence-corrected chi connectivity index (χ0v) is 8.83. The maximum Gasteiger partial charge on any atom is 0.251 e. The molecule has 1 unspecified atom stereocenters. The molecule has 3 N–H and O–H groups in total. The number of amides is 1. The number of anilines is 1. The minimum atomic E-state index is -0.535. The van der Waals surface area contributed by atoms with E-state index in [1.165, 1.54) is 12.4 Å². The van der Waals surface area contributed by atoms with Gasteiger partial charge < -0.3 is 15.7 Å². The SMILES string of the molecule is NC(=O)c1cnc(N2CCCC2CO)nc1. The molecule has 0 spiro atoms. The Morgan fingerprint density at radius 3 is 2.81 bits per heavy atom. The predicted octanol–water partition coefficient (Wildman–Crippen LogP) is -0.463. The summed E-state index contributed by atoms with van der Waals surface area (Å²) in [5.74, 6) is 0.00762. The first-order valence-electron chi connectivity index (χ1n) is 5.21. The van der Waals surface area contributed by atoms with Gasteiger partial charge in [-0.15, -0.1) is 0 Å². The summed E-state index contributed by atoms with van der Waals surface area (Å²) in [5.41, 5.74) is 5.39. The molecule has 1 saturated heterocycles. The van der Waals surface area contributed by atoms with Crippen molar-refractivity contribution in [1.29, 1.82) is 0 Å². The van der Waals surface area contributed by atoms with Crippen LogP contribution in [0.3, 0.4) is 0 Å². The smallest absolute Gasteiger partial charge is 0.251 e. The van der Waals surface area contributed by atoms with E-state index in [-0.39, 0.29) is 12.6 Å². The van der Waals surface area contributed by atoms with E-state index >= 15 is 0 Å². The molecule has 1 aromatic rings. The Morgan fingerprint density at radius 1 is 1.56 bits per heavy atom. The summed E-state index contributed by atoms with van der Waals surface area (Å²) < 4.78 is 0. The summed E-state index contributed by atoms with van der Waals surface area (Å²) in [7, 11) is 0. The molecule has 1 aliphatic rings. The van der Waals surface area contributed by atoms with Crippen molar-refractivity contribution in [3.63, 3.8) is 0 Å². The highest BCUT2D eigenvalue weighted by atomic mass is 16.3. The van der Waals surface area contributed by atoms with Crippen LogP contribution in [-0.4, -0.2) is 40.2 Å². The van der Waals surface area contributed by atoms with Crippen molar-refractivity contribution in [1.82, 2.24) is 9.97 Å².